The average molecular weight is 331 g/mol. The van der Waals surface area contributed by atoms with E-state index in [1.165, 1.54) is 6.26 Å². The van der Waals surface area contributed by atoms with E-state index in [0.717, 1.165) is 11.4 Å². The van der Waals surface area contributed by atoms with Crippen molar-refractivity contribution < 1.29 is 18.3 Å². The van der Waals surface area contributed by atoms with Crippen LogP contribution < -0.4 is 9.64 Å². The molecule has 1 aromatic carbocycles. The molecule has 0 spiro atoms. The van der Waals surface area contributed by atoms with Crippen LogP contribution in [0.1, 0.15) is 18.6 Å². The van der Waals surface area contributed by atoms with Gasteiger partial charge in [0.05, 0.1) is 13.2 Å². The van der Waals surface area contributed by atoms with Gasteiger partial charge in [0.25, 0.3) is 0 Å². The summed E-state index contributed by atoms with van der Waals surface area (Å²) < 4.78 is 29.4. The lowest BCUT2D eigenvalue weighted by Crippen LogP contribution is -2.47. The van der Waals surface area contributed by atoms with Crippen LogP contribution in [-0.2, 0) is 9.84 Å². The first-order chi connectivity index (χ1) is 9.86. The van der Waals surface area contributed by atoms with E-state index in [1.807, 2.05) is 17.0 Å². The van der Waals surface area contributed by atoms with Gasteiger partial charge in [0.1, 0.15) is 11.1 Å². The van der Waals surface area contributed by atoms with Gasteiger partial charge in [-0.15, -0.1) is 0 Å². The van der Waals surface area contributed by atoms with Crippen molar-refractivity contribution in [1.82, 2.24) is 0 Å². The molecule has 1 heterocycles. The molecule has 0 bridgehead atoms. The highest BCUT2D eigenvalue weighted by atomic mass is 32.2. The molecule has 1 saturated heterocycles. The molecule has 1 N–H and O–H groups in total. The zero-order valence-electron chi connectivity index (χ0n) is 12.4. The van der Waals surface area contributed by atoms with Crippen molar-refractivity contribution in [2.45, 2.75) is 18.4 Å². The number of hydrogen-bond donors (Lipinski definition) is 1. The second kappa shape index (κ2) is 6.46. The van der Waals surface area contributed by atoms with E-state index in [0.29, 0.717) is 23.6 Å². The van der Waals surface area contributed by atoms with E-state index in [4.69, 9.17) is 4.74 Å². The lowest BCUT2D eigenvalue weighted by atomic mass is 10.1. The molecule has 2 unspecified atom stereocenters. The standard InChI is InChI=1S/C14H21NO4S2/c1-10(16)14-11(5-4-6-12(14)19-2)15-7-8-20-9-13(15)21(3,17)18/h4-6,10,13,16H,7-9H2,1-3H3. The van der Waals surface area contributed by atoms with Crippen LogP contribution in [0, 0.1) is 0 Å². The third-order valence-electron chi connectivity index (χ3n) is 3.57. The number of thioether (sulfide) groups is 1. The molecule has 7 heteroatoms. The predicted octanol–water partition coefficient (Wildman–Crippen LogP) is 1.67. The summed E-state index contributed by atoms with van der Waals surface area (Å²) >= 11 is 1.64. The van der Waals surface area contributed by atoms with Crippen LogP contribution >= 0.6 is 11.8 Å². The van der Waals surface area contributed by atoms with Gasteiger partial charge < -0.3 is 14.7 Å². The maximum Gasteiger partial charge on any atom is 0.169 e. The van der Waals surface area contributed by atoms with Gasteiger partial charge in [-0.3, -0.25) is 0 Å². The van der Waals surface area contributed by atoms with Crippen molar-refractivity contribution in [1.29, 1.82) is 0 Å². The second-order valence-electron chi connectivity index (χ2n) is 5.12. The molecule has 2 rings (SSSR count). The third kappa shape index (κ3) is 3.46. The Kier molecular flexibility index (Phi) is 5.06. The van der Waals surface area contributed by atoms with Gasteiger partial charge >= 0.3 is 0 Å². The number of aliphatic hydroxyl groups excluding tert-OH is 1. The lowest BCUT2D eigenvalue weighted by molar-refractivity contribution is 0.194. The Morgan fingerprint density at radius 2 is 2.19 bits per heavy atom. The highest BCUT2D eigenvalue weighted by molar-refractivity contribution is 8.01. The molecule has 0 amide bonds. The number of hydrogen-bond acceptors (Lipinski definition) is 6. The number of nitrogens with zero attached hydrogens (tertiary/aromatic N) is 1. The summed E-state index contributed by atoms with van der Waals surface area (Å²) in [5, 5.41) is 9.51. The van der Waals surface area contributed by atoms with Gasteiger partial charge in [0.2, 0.25) is 0 Å². The van der Waals surface area contributed by atoms with E-state index >= 15 is 0 Å². The molecule has 21 heavy (non-hydrogen) atoms. The first kappa shape index (κ1) is 16.5. The number of benzene rings is 1. The maximum atomic E-state index is 12.1. The van der Waals surface area contributed by atoms with Gasteiger partial charge in [0, 0.05) is 35.6 Å². The van der Waals surface area contributed by atoms with Crippen molar-refractivity contribution >= 4 is 27.3 Å². The van der Waals surface area contributed by atoms with Gasteiger partial charge in [-0.05, 0) is 19.1 Å². The smallest absolute Gasteiger partial charge is 0.169 e. The maximum absolute atomic E-state index is 12.1. The van der Waals surface area contributed by atoms with Crippen LogP contribution in [0.5, 0.6) is 5.75 Å². The lowest BCUT2D eigenvalue weighted by Gasteiger charge is -2.37. The van der Waals surface area contributed by atoms with Crippen molar-refractivity contribution in [3.63, 3.8) is 0 Å². The van der Waals surface area contributed by atoms with Crippen molar-refractivity contribution in [2.24, 2.45) is 0 Å². The molecular formula is C14H21NO4S2. The molecule has 1 aromatic rings. The van der Waals surface area contributed by atoms with Crippen LogP contribution in [-0.4, -0.2) is 50.3 Å². The molecule has 118 valence electrons. The SMILES string of the molecule is COc1cccc(N2CCSCC2S(C)(=O)=O)c1C(C)O. The van der Waals surface area contributed by atoms with Gasteiger partial charge in [0.15, 0.2) is 9.84 Å². The summed E-state index contributed by atoms with van der Waals surface area (Å²) in [5.41, 5.74) is 1.38. The fourth-order valence-corrected chi connectivity index (χ4v) is 5.42. The third-order valence-corrected chi connectivity index (χ3v) is 6.21. The molecular weight excluding hydrogens is 310 g/mol. The number of aliphatic hydroxyl groups is 1. The fraction of sp³-hybridized carbons (Fsp3) is 0.571. The van der Waals surface area contributed by atoms with E-state index in [2.05, 4.69) is 0 Å². The van der Waals surface area contributed by atoms with Crippen molar-refractivity contribution in [2.75, 3.05) is 36.3 Å². The van der Waals surface area contributed by atoms with Crippen LogP contribution in [0.3, 0.4) is 0 Å². The van der Waals surface area contributed by atoms with Crippen LogP contribution in [0.2, 0.25) is 0 Å². The summed E-state index contributed by atoms with van der Waals surface area (Å²) in [4.78, 5) is 1.87. The zero-order chi connectivity index (χ0) is 15.6. The Labute approximate surface area is 130 Å². The molecule has 1 aliphatic heterocycles. The van der Waals surface area contributed by atoms with Crippen LogP contribution in [0.4, 0.5) is 5.69 Å². The number of ether oxygens (including phenoxy) is 1. The Bertz CT molecular complexity index is 601. The van der Waals surface area contributed by atoms with E-state index in [9.17, 15) is 13.5 Å². The minimum absolute atomic E-state index is 0.537. The molecule has 5 nitrogen and oxygen atoms in total. The van der Waals surface area contributed by atoms with Gasteiger partial charge in [-0.25, -0.2) is 8.42 Å². The van der Waals surface area contributed by atoms with Gasteiger partial charge in [-0.2, -0.15) is 11.8 Å². The Morgan fingerprint density at radius 1 is 1.48 bits per heavy atom. The molecule has 0 radical (unpaired) electrons. The molecule has 2 atom stereocenters. The summed E-state index contributed by atoms with van der Waals surface area (Å²) in [7, 11) is -1.66. The average Bonchev–Trinajstić information content (AvgIpc) is 2.45. The first-order valence-corrected chi connectivity index (χ1v) is 9.85. The zero-order valence-corrected chi connectivity index (χ0v) is 14.1. The van der Waals surface area contributed by atoms with E-state index in [1.54, 1.807) is 31.9 Å². The number of methoxy groups -OCH3 is 1. The summed E-state index contributed by atoms with van der Waals surface area (Å²) in [6.45, 7) is 2.30. The Morgan fingerprint density at radius 3 is 2.76 bits per heavy atom. The number of anilines is 1. The summed E-state index contributed by atoms with van der Waals surface area (Å²) in [6, 6.07) is 5.44. The normalized spacial score (nSPS) is 21.1. The highest BCUT2D eigenvalue weighted by Gasteiger charge is 2.33. The molecule has 1 aliphatic rings. The first-order valence-electron chi connectivity index (χ1n) is 6.74. The second-order valence-corrected chi connectivity index (χ2v) is 8.47. The highest BCUT2D eigenvalue weighted by Crippen LogP contribution is 2.37. The van der Waals surface area contributed by atoms with Crippen molar-refractivity contribution in [3.8, 4) is 5.75 Å². The van der Waals surface area contributed by atoms with E-state index < -0.39 is 21.3 Å². The summed E-state index contributed by atoms with van der Waals surface area (Å²) in [5.74, 6) is 1.98. The predicted molar refractivity (Wildman–Crippen MR) is 86.9 cm³/mol. The van der Waals surface area contributed by atoms with Crippen LogP contribution in [0.15, 0.2) is 18.2 Å². The van der Waals surface area contributed by atoms with Crippen LogP contribution in [0.25, 0.3) is 0 Å². The minimum Gasteiger partial charge on any atom is -0.496 e. The largest absolute Gasteiger partial charge is 0.496 e. The Balaban J connectivity index is 2.53. The minimum atomic E-state index is -3.20. The molecule has 1 fully saturated rings. The fourth-order valence-electron chi connectivity index (χ4n) is 2.59. The quantitative estimate of drug-likeness (QED) is 0.905. The molecule has 0 aliphatic carbocycles. The topological polar surface area (TPSA) is 66.8 Å². The van der Waals surface area contributed by atoms with E-state index in [-0.39, 0.29) is 0 Å². The molecule has 0 aromatic heterocycles. The summed E-state index contributed by atoms with van der Waals surface area (Å²) in [6.07, 6.45) is 0.532. The molecule has 0 saturated carbocycles. The Hall–Kier alpha value is -0.920. The number of rotatable bonds is 4. The van der Waals surface area contributed by atoms with Crippen molar-refractivity contribution in [3.05, 3.63) is 23.8 Å². The van der Waals surface area contributed by atoms with Gasteiger partial charge in [-0.1, -0.05) is 6.07 Å². The number of sulfone groups is 1. The monoisotopic (exact) mass is 331 g/mol.